The van der Waals surface area contributed by atoms with Gasteiger partial charge in [-0.15, -0.1) is 0 Å². The van der Waals surface area contributed by atoms with Crippen molar-refractivity contribution in [3.05, 3.63) is 36.5 Å². The summed E-state index contributed by atoms with van der Waals surface area (Å²) in [5, 5.41) is 13.9. The van der Waals surface area contributed by atoms with E-state index in [2.05, 4.69) is 43.5 Å². The lowest BCUT2D eigenvalue weighted by Gasteiger charge is -2.29. The number of aliphatic hydroxyl groups excluding tert-OH is 1. The summed E-state index contributed by atoms with van der Waals surface area (Å²) < 4.78 is 23.3. The summed E-state index contributed by atoms with van der Waals surface area (Å²) in [6.07, 6.45) is 63.7. The van der Waals surface area contributed by atoms with Gasteiger partial charge in [0.1, 0.15) is 13.2 Å². The van der Waals surface area contributed by atoms with E-state index in [1.165, 1.54) is 212 Å². The molecule has 0 bridgehead atoms. The molecule has 0 aliphatic heterocycles. The molecule has 0 spiro atoms. The van der Waals surface area contributed by atoms with Crippen molar-refractivity contribution in [2.45, 2.75) is 289 Å². The van der Waals surface area contributed by atoms with Crippen molar-refractivity contribution in [3.63, 3.8) is 0 Å². The molecule has 0 aromatic carbocycles. The van der Waals surface area contributed by atoms with E-state index in [0.717, 1.165) is 44.9 Å². The van der Waals surface area contributed by atoms with Crippen molar-refractivity contribution < 1.29 is 32.9 Å². The van der Waals surface area contributed by atoms with Gasteiger partial charge in [-0.05, 0) is 51.4 Å². The zero-order valence-corrected chi connectivity index (χ0v) is 46.0. The minimum absolute atomic E-state index is 0.000520. The quantitative estimate of drug-likeness (QED) is 0.0272. The molecule has 0 saturated heterocycles. The largest absolute Gasteiger partial charge is 0.756 e. The number of unbranched alkanes of at least 4 members (excludes halogenated alkanes) is 36. The lowest BCUT2D eigenvalue weighted by molar-refractivity contribution is -0.870. The van der Waals surface area contributed by atoms with Crippen LogP contribution in [0.5, 0.6) is 0 Å². The van der Waals surface area contributed by atoms with Gasteiger partial charge in [-0.2, -0.15) is 0 Å². The van der Waals surface area contributed by atoms with Crippen molar-refractivity contribution in [2.24, 2.45) is 0 Å². The molecule has 67 heavy (non-hydrogen) atoms. The number of allylic oxidation sites excluding steroid dienone is 5. The van der Waals surface area contributed by atoms with Crippen molar-refractivity contribution in [3.8, 4) is 0 Å². The maximum atomic E-state index is 12.9. The molecule has 0 aliphatic rings. The second-order valence-electron chi connectivity index (χ2n) is 21.0. The second-order valence-corrected chi connectivity index (χ2v) is 22.4. The van der Waals surface area contributed by atoms with Gasteiger partial charge in [0.15, 0.2) is 0 Å². The van der Waals surface area contributed by atoms with E-state index in [1.54, 1.807) is 6.08 Å². The van der Waals surface area contributed by atoms with Gasteiger partial charge in [0.05, 0.1) is 39.9 Å². The third-order valence-corrected chi connectivity index (χ3v) is 14.1. The van der Waals surface area contributed by atoms with E-state index in [-0.39, 0.29) is 19.1 Å². The van der Waals surface area contributed by atoms with Crippen LogP contribution in [0.2, 0.25) is 0 Å². The Morgan fingerprint density at radius 2 is 0.866 bits per heavy atom. The van der Waals surface area contributed by atoms with Crippen LogP contribution in [0, 0.1) is 0 Å². The monoisotopic (exact) mass is 965 g/mol. The van der Waals surface area contributed by atoms with Crippen molar-refractivity contribution in [2.75, 3.05) is 40.9 Å². The normalized spacial score (nSPS) is 14.2. The average molecular weight is 966 g/mol. The fourth-order valence-corrected chi connectivity index (χ4v) is 9.26. The Morgan fingerprint density at radius 1 is 0.522 bits per heavy atom. The molecule has 3 atom stereocenters. The highest BCUT2D eigenvalue weighted by atomic mass is 31.2. The van der Waals surface area contributed by atoms with Crippen LogP contribution in [-0.4, -0.2) is 68.5 Å². The number of rotatable bonds is 53. The number of phosphoric ester groups is 1. The Bertz CT molecular complexity index is 1190. The zero-order chi connectivity index (χ0) is 49.2. The average Bonchev–Trinajstić information content (AvgIpc) is 3.29. The summed E-state index contributed by atoms with van der Waals surface area (Å²) in [5.74, 6) is -0.194. The number of carbonyl (C=O) groups excluding carboxylic acids is 1. The van der Waals surface area contributed by atoms with Gasteiger partial charge in [0, 0.05) is 6.42 Å². The molecule has 0 aliphatic carbocycles. The van der Waals surface area contributed by atoms with Crippen molar-refractivity contribution >= 4 is 13.7 Å². The minimum atomic E-state index is -4.59. The van der Waals surface area contributed by atoms with Crippen molar-refractivity contribution in [1.29, 1.82) is 0 Å². The number of nitrogens with one attached hydrogen (secondary N) is 1. The maximum Gasteiger partial charge on any atom is 0.268 e. The molecule has 0 rings (SSSR count). The number of hydrogen-bond donors (Lipinski definition) is 2. The van der Waals surface area contributed by atoms with Crippen LogP contribution in [0.25, 0.3) is 0 Å². The summed E-state index contributed by atoms with van der Waals surface area (Å²) in [7, 11) is 1.27. The van der Waals surface area contributed by atoms with Gasteiger partial charge < -0.3 is 28.8 Å². The van der Waals surface area contributed by atoms with E-state index in [9.17, 15) is 19.4 Å². The number of phosphoric acid groups is 1. The summed E-state index contributed by atoms with van der Waals surface area (Å²) in [5.41, 5.74) is 0. The first-order chi connectivity index (χ1) is 32.5. The number of likely N-dealkylation sites (N-methyl/N-ethyl adjacent to an activating group) is 1. The maximum absolute atomic E-state index is 12.9. The molecule has 3 unspecified atom stereocenters. The number of quaternary nitrogens is 1. The summed E-state index contributed by atoms with van der Waals surface area (Å²) >= 11 is 0. The summed E-state index contributed by atoms with van der Waals surface area (Å²) in [6.45, 7) is 4.66. The SMILES string of the molecule is CCCCCCC/C=C\C/C=C\CCCCCCCCCCCCCCCCCCCCCC(=O)NC(COP(=O)([O-])OCC[N+](C)(C)C)C(O)/C=C/CCCCCCCCCCCCCC. The summed E-state index contributed by atoms with van der Waals surface area (Å²) in [4.78, 5) is 25.4. The highest BCUT2D eigenvalue weighted by molar-refractivity contribution is 7.45. The van der Waals surface area contributed by atoms with E-state index in [4.69, 9.17) is 9.05 Å². The molecule has 396 valence electrons. The molecule has 2 N–H and O–H groups in total. The number of nitrogens with zero attached hydrogens (tertiary/aromatic N) is 1. The number of aliphatic hydroxyl groups is 1. The van der Waals surface area contributed by atoms with Gasteiger partial charge >= 0.3 is 0 Å². The number of hydrogen-bond acceptors (Lipinski definition) is 6. The smallest absolute Gasteiger partial charge is 0.268 e. The third-order valence-electron chi connectivity index (χ3n) is 13.1. The Balaban J connectivity index is 4.05. The lowest BCUT2D eigenvalue weighted by atomic mass is 10.0. The van der Waals surface area contributed by atoms with Gasteiger partial charge in [0.2, 0.25) is 5.91 Å². The standard InChI is InChI=1S/C58H113N2O6P/c1-6-8-10-12-14-16-18-20-22-23-24-25-26-27-28-29-30-31-32-33-34-35-36-37-38-40-42-44-46-48-50-52-58(62)59-56(55-66-67(63,64)65-54-53-60(3,4)5)57(61)51-49-47-45-43-41-39-21-19-17-15-13-11-9-7-2/h18,20,23-24,49,51,56-57,61H,6-17,19,21-22,25-48,50,52-55H2,1-5H3,(H-,59,62,63,64)/b20-18-,24-23-,51-49+. The first kappa shape index (κ1) is 65.7. The lowest BCUT2D eigenvalue weighted by Crippen LogP contribution is -2.45. The van der Waals surface area contributed by atoms with Gasteiger partial charge in [0.25, 0.3) is 7.82 Å². The topological polar surface area (TPSA) is 108 Å². The molecule has 0 radical (unpaired) electrons. The van der Waals surface area contributed by atoms with E-state index in [0.29, 0.717) is 17.4 Å². The Labute approximate surface area is 417 Å². The molecule has 0 fully saturated rings. The molecule has 0 heterocycles. The highest BCUT2D eigenvalue weighted by Crippen LogP contribution is 2.38. The zero-order valence-electron chi connectivity index (χ0n) is 45.1. The fraction of sp³-hybridized carbons (Fsp3) is 0.879. The first-order valence-corrected chi connectivity index (χ1v) is 30.3. The van der Waals surface area contributed by atoms with Crippen LogP contribution in [0.4, 0.5) is 0 Å². The van der Waals surface area contributed by atoms with E-state index < -0.39 is 20.0 Å². The molecule has 0 aromatic heterocycles. The third kappa shape index (κ3) is 52.4. The van der Waals surface area contributed by atoms with Crippen LogP contribution in [0.3, 0.4) is 0 Å². The second kappa shape index (κ2) is 49.7. The Kier molecular flexibility index (Phi) is 48.7. The minimum Gasteiger partial charge on any atom is -0.756 e. The fourth-order valence-electron chi connectivity index (χ4n) is 8.54. The van der Waals surface area contributed by atoms with Crippen LogP contribution < -0.4 is 10.2 Å². The summed E-state index contributed by atoms with van der Waals surface area (Å²) in [6, 6.07) is -0.884. The Morgan fingerprint density at radius 3 is 1.24 bits per heavy atom. The van der Waals surface area contributed by atoms with Crippen LogP contribution in [0.15, 0.2) is 36.5 Å². The molecule has 0 aromatic rings. The van der Waals surface area contributed by atoms with E-state index >= 15 is 0 Å². The van der Waals surface area contributed by atoms with Gasteiger partial charge in [-0.1, -0.05) is 256 Å². The van der Waals surface area contributed by atoms with Gasteiger partial charge in [-0.3, -0.25) is 9.36 Å². The molecular formula is C58H113N2O6P. The van der Waals surface area contributed by atoms with E-state index in [1.807, 2.05) is 27.2 Å². The number of carbonyl (C=O) groups is 1. The predicted octanol–water partition coefficient (Wildman–Crippen LogP) is 16.7. The Hall–Kier alpha value is -1.28. The van der Waals surface area contributed by atoms with Crippen LogP contribution >= 0.6 is 7.82 Å². The molecule has 8 nitrogen and oxygen atoms in total. The van der Waals surface area contributed by atoms with Crippen molar-refractivity contribution in [1.82, 2.24) is 5.32 Å². The first-order valence-electron chi connectivity index (χ1n) is 28.9. The highest BCUT2D eigenvalue weighted by Gasteiger charge is 2.23. The molecular weight excluding hydrogens is 852 g/mol. The molecule has 1 amide bonds. The van der Waals surface area contributed by atoms with Gasteiger partial charge in [-0.25, -0.2) is 0 Å². The molecule has 9 heteroatoms. The molecule has 0 saturated carbocycles. The van der Waals surface area contributed by atoms with Crippen LogP contribution in [0.1, 0.15) is 277 Å². The predicted molar refractivity (Wildman–Crippen MR) is 288 cm³/mol. The van der Waals surface area contributed by atoms with Crippen LogP contribution in [-0.2, 0) is 18.4 Å². The number of amides is 1.